The van der Waals surface area contributed by atoms with E-state index in [2.05, 4.69) is 15.0 Å². The van der Waals surface area contributed by atoms with Crippen LogP contribution < -0.4 is 5.73 Å². The molecule has 0 saturated carbocycles. The maximum atomic E-state index is 11.7. The van der Waals surface area contributed by atoms with Crippen LogP contribution in [0.3, 0.4) is 0 Å². The zero-order chi connectivity index (χ0) is 21.3. The number of hydrogen-bond donors (Lipinski definition) is 2. The van der Waals surface area contributed by atoms with Crippen LogP contribution in [0.25, 0.3) is 11.2 Å². The molecule has 29 heavy (non-hydrogen) atoms. The first-order valence-corrected chi connectivity index (χ1v) is 8.93. The molecule has 3 N–H and O–H groups in total. The molecule has 0 spiro atoms. The second-order valence-corrected chi connectivity index (χ2v) is 6.66. The summed E-state index contributed by atoms with van der Waals surface area (Å²) >= 11 is 5.36. The van der Waals surface area contributed by atoms with Crippen molar-refractivity contribution in [3.63, 3.8) is 0 Å². The van der Waals surface area contributed by atoms with E-state index in [1.807, 2.05) is 0 Å². The second-order valence-electron chi connectivity index (χ2n) is 6.27. The van der Waals surface area contributed by atoms with Crippen LogP contribution in [0.5, 0.6) is 0 Å². The maximum absolute atomic E-state index is 11.7. The number of carbonyl (C=O) groups is 3. The lowest BCUT2D eigenvalue weighted by Crippen LogP contribution is -2.40. The predicted molar refractivity (Wildman–Crippen MR) is 98.8 cm³/mol. The van der Waals surface area contributed by atoms with E-state index in [9.17, 15) is 14.4 Å². The molecule has 1 aliphatic heterocycles. The number of H-pyrrole nitrogens is 1. The first-order chi connectivity index (χ1) is 13.7. The number of imidazole rings is 1. The minimum atomic E-state index is -1.08. The Bertz CT molecular complexity index is 1020. The Morgan fingerprint density at radius 3 is 2.45 bits per heavy atom. The fraction of sp³-hybridized carbons (Fsp3) is 0.500. The average molecular weight is 425 g/mol. The van der Waals surface area contributed by atoms with Gasteiger partial charge in [-0.2, -0.15) is 0 Å². The summed E-state index contributed by atoms with van der Waals surface area (Å²) in [6, 6.07) is 0. The zero-order valence-electron chi connectivity index (χ0n) is 15.8. The van der Waals surface area contributed by atoms with Crippen LogP contribution in [0.4, 0.5) is 5.82 Å². The van der Waals surface area contributed by atoms with E-state index < -0.39 is 42.4 Å². The number of aromatic amines is 1. The SMILES string of the molecule is CC(=O)OCC1OC(n2c(=S)[nH]c3c(N)ncnc32)C(OC(C)=O)C1OC(C)=O. The highest BCUT2D eigenvalue weighted by Crippen LogP contribution is 2.36. The van der Waals surface area contributed by atoms with Crippen LogP contribution in [0.2, 0.25) is 0 Å². The van der Waals surface area contributed by atoms with Crippen LogP contribution in [0.1, 0.15) is 27.0 Å². The standard InChI is InChI=1S/C16H19N5O7S/c1-6(22)25-4-9-11(26-7(2)23)12(27-8(3)24)15(28-9)21-14-10(20-16(21)29)13(17)18-5-19-14/h5,9,11-12,15H,4H2,1-3H3,(H,20,29)(H2,17,18,19). The Morgan fingerprint density at radius 1 is 1.17 bits per heavy atom. The number of hydrogen-bond acceptors (Lipinski definition) is 11. The molecule has 12 nitrogen and oxygen atoms in total. The number of carbonyl (C=O) groups excluding carboxylic acids is 3. The van der Waals surface area contributed by atoms with Crippen LogP contribution >= 0.6 is 12.2 Å². The minimum absolute atomic E-state index is 0.162. The molecule has 4 atom stereocenters. The number of rotatable bonds is 5. The molecular formula is C16H19N5O7S. The summed E-state index contributed by atoms with van der Waals surface area (Å²) in [5.41, 5.74) is 6.53. The van der Waals surface area contributed by atoms with E-state index in [1.165, 1.54) is 31.7 Å². The van der Waals surface area contributed by atoms with Gasteiger partial charge in [0, 0.05) is 20.8 Å². The topological polar surface area (TPSA) is 161 Å². The van der Waals surface area contributed by atoms with Gasteiger partial charge in [-0.3, -0.25) is 19.0 Å². The van der Waals surface area contributed by atoms with Gasteiger partial charge < -0.3 is 29.7 Å². The molecule has 3 heterocycles. The smallest absolute Gasteiger partial charge is 0.303 e. The summed E-state index contributed by atoms with van der Waals surface area (Å²) in [6.07, 6.45) is -2.83. The Morgan fingerprint density at radius 2 is 1.83 bits per heavy atom. The quantitative estimate of drug-likeness (QED) is 0.387. The molecule has 156 valence electrons. The molecule has 0 aromatic carbocycles. The van der Waals surface area contributed by atoms with Gasteiger partial charge in [0.25, 0.3) is 0 Å². The van der Waals surface area contributed by atoms with Crippen molar-refractivity contribution in [3.8, 4) is 0 Å². The summed E-state index contributed by atoms with van der Waals surface area (Å²) < 4.78 is 23.3. The summed E-state index contributed by atoms with van der Waals surface area (Å²) in [4.78, 5) is 45.5. The van der Waals surface area contributed by atoms with E-state index in [1.54, 1.807) is 0 Å². The van der Waals surface area contributed by atoms with E-state index in [4.69, 9.17) is 36.9 Å². The predicted octanol–water partition coefficient (Wildman–Crippen LogP) is 0.395. The number of nitrogens with zero attached hydrogens (tertiary/aromatic N) is 3. The summed E-state index contributed by atoms with van der Waals surface area (Å²) in [5, 5.41) is 0. The first kappa shape index (κ1) is 20.7. The fourth-order valence-electron chi connectivity index (χ4n) is 3.09. The van der Waals surface area contributed by atoms with Crippen LogP contribution in [0, 0.1) is 4.77 Å². The highest BCUT2D eigenvalue weighted by molar-refractivity contribution is 7.71. The lowest BCUT2D eigenvalue weighted by Gasteiger charge is -2.23. The fourth-order valence-corrected chi connectivity index (χ4v) is 3.38. The van der Waals surface area contributed by atoms with Crippen molar-refractivity contribution in [1.29, 1.82) is 0 Å². The molecule has 2 aromatic rings. The van der Waals surface area contributed by atoms with E-state index in [0.29, 0.717) is 11.2 Å². The van der Waals surface area contributed by atoms with Gasteiger partial charge in [-0.15, -0.1) is 0 Å². The second kappa shape index (κ2) is 8.13. The Hall–Kier alpha value is -3.06. The monoisotopic (exact) mass is 425 g/mol. The van der Waals surface area contributed by atoms with Gasteiger partial charge in [0.1, 0.15) is 24.6 Å². The molecule has 0 radical (unpaired) electrons. The molecule has 1 saturated heterocycles. The van der Waals surface area contributed by atoms with Crippen molar-refractivity contribution >= 4 is 47.1 Å². The molecule has 1 fully saturated rings. The molecule has 2 aromatic heterocycles. The molecular weight excluding hydrogens is 406 g/mol. The van der Waals surface area contributed by atoms with E-state index >= 15 is 0 Å². The van der Waals surface area contributed by atoms with Crippen molar-refractivity contribution in [3.05, 3.63) is 11.1 Å². The Labute approximate surface area is 169 Å². The molecule has 3 rings (SSSR count). The van der Waals surface area contributed by atoms with Gasteiger partial charge in [0.15, 0.2) is 34.7 Å². The molecule has 4 unspecified atom stereocenters. The van der Waals surface area contributed by atoms with Gasteiger partial charge in [-0.05, 0) is 12.2 Å². The minimum Gasteiger partial charge on any atom is -0.463 e. The van der Waals surface area contributed by atoms with Crippen molar-refractivity contribution < 1.29 is 33.3 Å². The Kier molecular flexibility index (Phi) is 5.79. The summed E-state index contributed by atoms with van der Waals surface area (Å²) in [7, 11) is 0. The number of anilines is 1. The van der Waals surface area contributed by atoms with Gasteiger partial charge in [-0.25, -0.2) is 9.97 Å². The van der Waals surface area contributed by atoms with E-state index in [-0.39, 0.29) is 17.2 Å². The lowest BCUT2D eigenvalue weighted by molar-refractivity contribution is -0.166. The molecule has 0 amide bonds. The molecule has 13 heteroatoms. The highest BCUT2D eigenvalue weighted by atomic mass is 32.1. The van der Waals surface area contributed by atoms with E-state index in [0.717, 1.165) is 0 Å². The van der Waals surface area contributed by atoms with Crippen LogP contribution in [-0.4, -0.2) is 62.3 Å². The van der Waals surface area contributed by atoms with Crippen LogP contribution in [-0.2, 0) is 33.3 Å². The van der Waals surface area contributed by atoms with Gasteiger partial charge in [-0.1, -0.05) is 0 Å². The number of aromatic nitrogens is 4. The zero-order valence-corrected chi connectivity index (χ0v) is 16.6. The summed E-state index contributed by atoms with van der Waals surface area (Å²) in [6.45, 7) is 3.41. The van der Waals surface area contributed by atoms with Crippen molar-refractivity contribution in [2.75, 3.05) is 12.3 Å². The van der Waals surface area contributed by atoms with Gasteiger partial charge >= 0.3 is 17.9 Å². The average Bonchev–Trinajstić information content (AvgIpc) is 3.11. The number of nitrogens with one attached hydrogen (secondary N) is 1. The molecule has 0 bridgehead atoms. The van der Waals surface area contributed by atoms with Gasteiger partial charge in [0.2, 0.25) is 0 Å². The van der Waals surface area contributed by atoms with Gasteiger partial charge in [0.05, 0.1) is 0 Å². The number of esters is 3. The Balaban J connectivity index is 2.08. The third-order valence-corrected chi connectivity index (χ3v) is 4.43. The number of nitrogens with two attached hydrogens (primary N) is 1. The number of ether oxygens (including phenoxy) is 4. The first-order valence-electron chi connectivity index (χ1n) is 8.53. The van der Waals surface area contributed by atoms with Crippen molar-refractivity contribution in [2.45, 2.75) is 45.3 Å². The van der Waals surface area contributed by atoms with Crippen LogP contribution in [0.15, 0.2) is 6.33 Å². The normalized spacial score (nSPS) is 23.7. The largest absolute Gasteiger partial charge is 0.463 e. The number of nitrogen functional groups attached to an aromatic ring is 1. The third kappa shape index (κ3) is 4.19. The maximum Gasteiger partial charge on any atom is 0.303 e. The highest BCUT2D eigenvalue weighted by Gasteiger charge is 2.51. The van der Waals surface area contributed by atoms with Crippen molar-refractivity contribution in [1.82, 2.24) is 19.5 Å². The molecule has 0 aliphatic carbocycles. The number of fused-ring (bicyclic) bond motifs is 1. The lowest BCUT2D eigenvalue weighted by atomic mass is 10.1. The van der Waals surface area contributed by atoms with Crippen molar-refractivity contribution in [2.24, 2.45) is 0 Å². The molecule has 1 aliphatic rings. The summed E-state index contributed by atoms with van der Waals surface area (Å²) in [5.74, 6) is -1.64. The third-order valence-electron chi connectivity index (χ3n) is 4.13.